The number of aromatic nitrogens is 3. The maximum atomic E-state index is 12.5. The Labute approximate surface area is 136 Å². The minimum absolute atomic E-state index is 0.202. The molecule has 0 saturated heterocycles. The fraction of sp³-hybridized carbons (Fsp3) is 0.389. The molecule has 0 radical (unpaired) electrons. The Bertz CT molecular complexity index is 673. The van der Waals surface area contributed by atoms with E-state index in [1.807, 2.05) is 34.7 Å². The Morgan fingerprint density at radius 3 is 2.78 bits per heavy atom. The number of aryl methyl sites for hydroxylation is 2. The Kier molecular flexibility index (Phi) is 4.86. The molecule has 0 unspecified atom stereocenters. The second-order valence-electron chi connectivity index (χ2n) is 5.95. The summed E-state index contributed by atoms with van der Waals surface area (Å²) >= 11 is 0. The van der Waals surface area contributed by atoms with Gasteiger partial charge in [0.15, 0.2) is 0 Å². The predicted octanol–water partition coefficient (Wildman–Crippen LogP) is 2.45. The molecule has 23 heavy (non-hydrogen) atoms. The zero-order chi connectivity index (χ0) is 16.1. The first-order chi connectivity index (χ1) is 11.2. The van der Waals surface area contributed by atoms with Gasteiger partial charge in [0.05, 0.1) is 0 Å². The zero-order valence-electron chi connectivity index (χ0n) is 13.4. The van der Waals surface area contributed by atoms with Gasteiger partial charge < -0.3 is 9.47 Å². The minimum Gasteiger partial charge on any atom is -0.336 e. The van der Waals surface area contributed by atoms with Crippen molar-refractivity contribution < 1.29 is 4.79 Å². The van der Waals surface area contributed by atoms with Crippen LogP contribution < -0.4 is 0 Å². The lowest BCUT2D eigenvalue weighted by Crippen LogP contribution is -2.33. The fourth-order valence-electron chi connectivity index (χ4n) is 2.60. The van der Waals surface area contributed by atoms with E-state index in [1.165, 1.54) is 0 Å². The van der Waals surface area contributed by atoms with Gasteiger partial charge in [-0.25, -0.2) is 0 Å². The average molecular weight is 310 g/mol. The van der Waals surface area contributed by atoms with E-state index in [4.69, 9.17) is 0 Å². The summed E-state index contributed by atoms with van der Waals surface area (Å²) in [5.41, 5.74) is 1.16. The summed E-state index contributed by atoms with van der Waals surface area (Å²) in [6.07, 6.45) is 9.19. The summed E-state index contributed by atoms with van der Waals surface area (Å²) in [6.45, 7) is 0.678. The number of nitrogens with zero attached hydrogens (tertiary/aromatic N) is 4. The Morgan fingerprint density at radius 2 is 2.13 bits per heavy atom. The normalized spacial score (nSPS) is 14.3. The summed E-state index contributed by atoms with van der Waals surface area (Å²) in [7, 11) is 1.90. The van der Waals surface area contributed by atoms with Gasteiger partial charge in [-0.2, -0.15) is 0 Å². The van der Waals surface area contributed by atoms with E-state index in [0.717, 1.165) is 24.2 Å². The molecule has 1 saturated carbocycles. The maximum Gasteiger partial charge on any atom is 0.223 e. The van der Waals surface area contributed by atoms with E-state index in [0.29, 0.717) is 25.4 Å². The summed E-state index contributed by atoms with van der Waals surface area (Å²) in [6, 6.07) is 10.6. The number of hydrogen-bond acceptors (Lipinski definition) is 3. The highest BCUT2D eigenvalue weighted by Gasteiger charge is 2.31. The van der Waals surface area contributed by atoms with Gasteiger partial charge in [0.1, 0.15) is 12.2 Å². The Balaban J connectivity index is 1.55. The molecule has 0 aliphatic heterocycles. The minimum atomic E-state index is 0.202. The molecule has 120 valence electrons. The van der Waals surface area contributed by atoms with E-state index < -0.39 is 0 Å². The van der Waals surface area contributed by atoms with E-state index in [-0.39, 0.29) is 5.91 Å². The lowest BCUT2D eigenvalue weighted by atomic mass is 10.2. The van der Waals surface area contributed by atoms with Gasteiger partial charge in [-0.1, -0.05) is 42.5 Å². The highest BCUT2D eigenvalue weighted by atomic mass is 16.2. The van der Waals surface area contributed by atoms with Crippen LogP contribution in [-0.2, 0) is 18.3 Å². The first-order valence-electron chi connectivity index (χ1n) is 8.08. The predicted molar refractivity (Wildman–Crippen MR) is 89.5 cm³/mol. The van der Waals surface area contributed by atoms with Crippen LogP contribution in [0.2, 0.25) is 0 Å². The largest absolute Gasteiger partial charge is 0.336 e. The first kappa shape index (κ1) is 15.5. The van der Waals surface area contributed by atoms with Crippen molar-refractivity contribution in [2.75, 3.05) is 6.54 Å². The third kappa shape index (κ3) is 4.28. The van der Waals surface area contributed by atoms with Crippen LogP contribution >= 0.6 is 0 Å². The fourth-order valence-corrected chi connectivity index (χ4v) is 2.60. The monoisotopic (exact) mass is 310 g/mol. The molecule has 0 bridgehead atoms. The SMILES string of the molecule is Cn1cnnc1CCC(=O)N(CC=Cc1ccccc1)C1CC1. The molecule has 1 heterocycles. The van der Waals surface area contributed by atoms with Crippen molar-refractivity contribution in [3.05, 3.63) is 54.1 Å². The number of rotatable bonds is 7. The lowest BCUT2D eigenvalue weighted by molar-refractivity contribution is -0.131. The van der Waals surface area contributed by atoms with Crippen LogP contribution in [0.4, 0.5) is 0 Å². The highest BCUT2D eigenvalue weighted by Crippen LogP contribution is 2.27. The number of hydrogen-bond donors (Lipinski definition) is 0. The van der Waals surface area contributed by atoms with Gasteiger partial charge in [0.25, 0.3) is 0 Å². The topological polar surface area (TPSA) is 51.0 Å². The average Bonchev–Trinajstić information content (AvgIpc) is 3.32. The molecule has 2 aromatic rings. The number of benzene rings is 1. The van der Waals surface area contributed by atoms with Gasteiger partial charge in [0, 0.05) is 32.5 Å². The molecule has 1 aromatic carbocycles. The summed E-state index contributed by atoms with van der Waals surface area (Å²) in [5, 5.41) is 7.89. The van der Waals surface area contributed by atoms with Crippen molar-refractivity contribution in [1.29, 1.82) is 0 Å². The maximum absolute atomic E-state index is 12.5. The molecule has 0 atom stereocenters. The lowest BCUT2D eigenvalue weighted by Gasteiger charge is -2.20. The van der Waals surface area contributed by atoms with Crippen molar-refractivity contribution in [2.45, 2.75) is 31.7 Å². The molecule has 1 aliphatic carbocycles. The number of amides is 1. The number of carbonyl (C=O) groups excluding carboxylic acids is 1. The second-order valence-corrected chi connectivity index (χ2v) is 5.95. The molecule has 0 N–H and O–H groups in total. The van der Waals surface area contributed by atoms with Gasteiger partial charge in [-0.15, -0.1) is 10.2 Å². The van der Waals surface area contributed by atoms with E-state index in [1.54, 1.807) is 6.33 Å². The van der Waals surface area contributed by atoms with Crippen molar-refractivity contribution in [1.82, 2.24) is 19.7 Å². The van der Waals surface area contributed by atoms with Gasteiger partial charge in [-0.3, -0.25) is 4.79 Å². The highest BCUT2D eigenvalue weighted by molar-refractivity contribution is 5.77. The Hall–Kier alpha value is -2.43. The smallest absolute Gasteiger partial charge is 0.223 e. The van der Waals surface area contributed by atoms with Gasteiger partial charge >= 0.3 is 0 Å². The number of carbonyl (C=O) groups is 1. The third-order valence-electron chi connectivity index (χ3n) is 4.09. The van der Waals surface area contributed by atoms with Crippen molar-refractivity contribution in [2.24, 2.45) is 7.05 Å². The molecular weight excluding hydrogens is 288 g/mol. The molecular formula is C18H22N4O. The molecule has 0 spiro atoms. The van der Waals surface area contributed by atoms with E-state index in [9.17, 15) is 4.79 Å². The van der Waals surface area contributed by atoms with Crippen LogP contribution in [0.25, 0.3) is 6.08 Å². The third-order valence-corrected chi connectivity index (χ3v) is 4.09. The molecule has 3 rings (SSSR count). The van der Waals surface area contributed by atoms with E-state index >= 15 is 0 Å². The summed E-state index contributed by atoms with van der Waals surface area (Å²) < 4.78 is 1.87. The molecule has 1 fully saturated rings. The van der Waals surface area contributed by atoms with Crippen LogP contribution in [0.5, 0.6) is 0 Å². The Morgan fingerprint density at radius 1 is 1.35 bits per heavy atom. The summed E-state index contributed by atoms with van der Waals surface area (Å²) in [4.78, 5) is 14.5. The van der Waals surface area contributed by atoms with Crippen LogP contribution in [0.1, 0.15) is 30.7 Å². The molecule has 1 aromatic heterocycles. The quantitative estimate of drug-likeness (QED) is 0.789. The van der Waals surface area contributed by atoms with Crippen LogP contribution in [0.3, 0.4) is 0 Å². The van der Waals surface area contributed by atoms with Crippen molar-refractivity contribution in [3.63, 3.8) is 0 Å². The molecule has 5 heteroatoms. The van der Waals surface area contributed by atoms with Crippen LogP contribution in [0.15, 0.2) is 42.7 Å². The molecule has 1 amide bonds. The van der Waals surface area contributed by atoms with E-state index in [2.05, 4.69) is 34.5 Å². The standard InChI is InChI=1S/C18H22N4O/c1-21-14-19-20-17(21)11-12-18(23)22(16-9-10-16)13-5-8-15-6-3-2-4-7-15/h2-8,14,16H,9-13H2,1H3. The van der Waals surface area contributed by atoms with Crippen molar-refractivity contribution in [3.8, 4) is 0 Å². The second kappa shape index (κ2) is 7.22. The van der Waals surface area contributed by atoms with Crippen LogP contribution in [0, 0.1) is 0 Å². The zero-order valence-corrected chi connectivity index (χ0v) is 13.4. The van der Waals surface area contributed by atoms with Gasteiger partial charge in [-0.05, 0) is 18.4 Å². The van der Waals surface area contributed by atoms with Crippen molar-refractivity contribution >= 4 is 12.0 Å². The van der Waals surface area contributed by atoms with Gasteiger partial charge in [0.2, 0.25) is 5.91 Å². The first-order valence-corrected chi connectivity index (χ1v) is 8.08. The molecule has 1 aliphatic rings. The summed E-state index contributed by atoms with van der Waals surface area (Å²) in [5.74, 6) is 1.06. The van der Waals surface area contributed by atoms with Crippen LogP contribution in [-0.4, -0.2) is 38.2 Å². The molecule has 5 nitrogen and oxygen atoms in total.